The maximum Gasteiger partial charge on any atom is 0.0110 e. The fourth-order valence-corrected chi connectivity index (χ4v) is 3.98. The predicted molar refractivity (Wildman–Crippen MR) is 86.8 cm³/mol. The smallest absolute Gasteiger partial charge is 0.0110 e. The summed E-state index contributed by atoms with van der Waals surface area (Å²) in [4.78, 5) is 5.27. The van der Waals surface area contributed by atoms with Crippen LogP contribution >= 0.6 is 0 Å². The van der Waals surface area contributed by atoms with Crippen molar-refractivity contribution in [1.82, 2.24) is 9.80 Å². The molecule has 3 nitrogen and oxygen atoms in total. The summed E-state index contributed by atoms with van der Waals surface area (Å²) >= 11 is 0. The van der Waals surface area contributed by atoms with Crippen LogP contribution in [0.2, 0.25) is 0 Å². The molecule has 2 aliphatic rings. The number of hydrogen-bond acceptors (Lipinski definition) is 3. The molecule has 3 heteroatoms. The van der Waals surface area contributed by atoms with Crippen molar-refractivity contribution in [1.29, 1.82) is 0 Å². The number of rotatable bonds is 5. The first-order valence-corrected chi connectivity index (χ1v) is 8.80. The van der Waals surface area contributed by atoms with E-state index >= 15 is 0 Å². The molecular formula is C17H35N3. The van der Waals surface area contributed by atoms with Gasteiger partial charge in [-0.05, 0) is 50.0 Å². The molecule has 2 fully saturated rings. The fourth-order valence-electron chi connectivity index (χ4n) is 3.98. The Hall–Kier alpha value is -0.120. The Balaban J connectivity index is 1.77. The SMILES string of the molecule is CCCN1CCN(CC2CC(C(C)C)CCC2N)CC1. The predicted octanol–water partition coefficient (Wildman–Crippen LogP) is 2.41. The standard InChI is InChI=1S/C17H35N3/c1-4-7-19-8-10-20(11-9-19)13-16-12-15(14(2)3)5-6-17(16)18/h14-17H,4-13,18H2,1-3H3. The molecule has 1 heterocycles. The van der Waals surface area contributed by atoms with Crippen LogP contribution in [0.5, 0.6) is 0 Å². The molecule has 20 heavy (non-hydrogen) atoms. The maximum atomic E-state index is 6.40. The molecule has 0 bridgehead atoms. The third-order valence-corrected chi connectivity index (χ3v) is 5.52. The van der Waals surface area contributed by atoms with Crippen molar-refractivity contribution >= 4 is 0 Å². The van der Waals surface area contributed by atoms with Crippen molar-refractivity contribution < 1.29 is 0 Å². The number of piperazine rings is 1. The van der Waals surface area contributed by atoms with Gasteiger partial charge in [0.25, 0.3) is 0 Å². The van der Waals surface area contributed by atoms with Gasteiger partial charge in [0, 0.05) is 38.8 Å². The topological polar surface area (TPSA) is 32.5 Å². The van der Waals surface area contributed by atoms with Gasteiger partial charge in [-0.2, -0.15) is 0 Å². The van der Waals surface area contributed by atoms with Crippen molar-refractivity contribution in [2.45, 2.75) is 52.5 Å². The van der Waals surface area contributed by atoms with E-state index in [1.54, 1.807) is 0 Å². The molecule has 0 spiro atoms. The van der Waals surface area contributed by atoms with E-state index < -0.39 is 0 Å². The third kappa shape index (κ3) is 4.44. The highest BCUT2D eigenvalue weighted by Crippen LogP contribution is 2.33. The lowest BCUT2D eigenvalue weighted by Crippen LogP contribution is -2.50. The lowest BCUT2D eigenvalue weighted by atomic mass is 9.73. The Bertz CT molecular complexity index is 271. The molecule has 3 atom stereocenters. The Morgan fingerprint density at radius 2 is 1.70 bits per heavy atom. The Morgan fingerprint density at radius 3 is 2.30 bits per heavy atom. The van der Waals surface area contributed by atoms with Crippen molar-refractivity contribution in [3.63, 3.8) is 0 Å². The molecule has 0 aromatic rings. The van der Waals surface area contributed by atoms with Crippen LogP contribution in [0.3, 0.4) is 0 Å². The highest BCUT2D eigenvalue weighted by Gasteiger charge is 2.31. The Kier molecular flexibility index (Phi) is 6.31. The minimum Gasteiger partial charge on any atom is -0.327 e. The van der Waals surface area contributed by atoms with E-state index in [0.717, 1.165) is 17.8 Å². The summed E-state index contributed by atoms with van der Waals surface area (Å²) < 4.78 is 0. The van der Waals surface area contributed by atoms with Crippen LogP contribution in [0.25, 0.3) is 0 Å². The van der Waals surface area contributed by atoms with Crippen molar-refractivity contribution in [3.05, 3.63) is 0 Å². The molecule has 3 unspecified atom stereocenters. The zero-order valence-corrected chi connectivity index (χ0v) is 13.9. The second-order valence-electron chi connectivity index (χ2n) is 7.38. The first-order chi connectivity index (χ1) is 9.60. The first-order valence-electron chi connectivity index (χ1n) is 8.80. The average molecular weight is 281 g/mol. The molecule has 0 radical (unpaired) electrons. The Labute approximate surface area is 125 Å². The van der Waals surface area contributed by atoms with Gasteiger partial charge in [0.05, 0.1) is 0 Å². The molecule has 1 aliphatic heterocycles. The minimum absolute atomic E-state index is 0.443. The van der Waals surface area contributed by atoms with Gasteiger partial charge in [0.2, 0.25) is 0 Å². The second kappa shape index (κ2) is 7.77. The summed E-state index contributed by atoms with van der Waals surface area (Å²) in [5, 5.41) is 0. The molecule has 2 rings (SSSR count). The number of nitrogens with zero attached hydrogens (tertiary/aromatic N) is 2. The highest BCUT2D eigenvalue weighted by molar-refractivity contribution is 4.86. The van der Waals surface area contributed by atoms with Crippen LogP contribution in [0.4, 0.5) is 0 Å². The number of nitrogens with two attached hydrogens (primary N) is 1. The second-order valence-corrected chi connectivity index (χ2v) is 7.38. The minimum atomic E-state index is 0.443. The van der Waals surface area contributed by atoms with Crippen LogP contribution in [-0.2, 0) is 0 Å². The zero-order valence-electron chi connectivity index (χ0n) is 13.9. The van der Waals surface area contributed by atoms with Gasteiger partial charge < -0.3 is 15.5 Å². The van der Waals surface area contributed by atoms with Gasteiger partial charge in [-0.1, -0.05) is 20.8 Å². The molecule has 2 N–H and O–H groups in total. The van der Waals surface area contributed by atoms with Crippen molar-refractivity contribution in [2.75, 3.05) is 39.3 Å². The first kappa shape index (κ1) is 16.3. The van der Waals surface area contributed by atoms with E-state index in [-0.39, 0.29) is 0 Å². The van der Waals surface area contributed by atoms with Gasteiger partial charge in [-0.3, -0.25) is 0 Å². The molecular weight excluding hydrogens is 246 g/mol. The van der Waals surface area contributed by atoms with E-state index in [2.05, 4.69) is 30.6 Å². The summed E-state index contributed by atoms with van der Waals surface area (Å²) in [5.74, 6) is 2.46. The third-order valence-electron chi connectivity index (χ3n) is 5.52. The van der Waals surface area contributed by atoms with Gasteiger partial charge in [-0.15, -0.1) is 0 Å². The molecule has 118 valence electrons. The lowest BCUT2D eigenvalue weighted by molar-refractivity contribution is 0.0891. The van der Waals surface area contributed by atoms with Crippen LogP contribution in [0.1, 0.15) is 46.5 Å². The quantitative estimate of drug-likeness (QED) is 0.840. The summed E-state index contributed by atoms with van der Waals surface area (Å²) in [6, 6.07) is 0.443. The normalized spacial score (nSPS) is 33.8. The maximum absolute atomic E-state index is 6.40. The number of hydrogen-bond donors (Lipinski definition) is 1. The van der Waals surface area contributed by atoms with E-state index in [4.69, 9.17) is 5.73 Å². The van der Waals surface area contributed by atoms with E-state index in [1.165, 1.54) is 65.0 Å². The molecule has 1 saturated carbocycles. The van der Waals surface area contributed by atoms with Gasteiger partial charge in [-0.25, -0.2) is 0 Å². The summed E-state index contributed by atoms with van der Waals surface area (Å²) in [6.45, 7) is 14.5. The zero-order chi connectivity index (χ0) is 14.5. The monoisotopic (exact) mass is 281 g/mol. The van der Waals surface area contributed by atoms with Gasteiger partial charge in [0.1, 0.15) is 0 Å². The van der Waals surface area contributed by atoms with E-state index in [1.807, 2.05) is 0 Å². The largest absolute Gasteiger partial charge is 0.327 e. The molecule has 1 aliphatic carbocycles. The van der Waals surface area contributed by atoms with Crippen molar-refractivity contribution in [3.8, 4) is 0 Å². The fraction of sp³-hybridized carbons (Fsp3) is 1.00. The van der Waals surface area contributed by atoms with Crippen LogP contribution < -0.4 is 5.73 Å². The van der Waals surface area contributed by atoms with E-state index in [0.29, 0.717) is 6.04 Å². The van der Waals surface area contributed by atoms with Crippen LogP contribution in [-0.4, -0.2) is 55.1 Å². The van der Waals surface area contributed by atoms with Crippen molar-refractivity contribution in [2.24, 2.45) is 23.5 Å². The molecule has 1 saturated heterocycles. The molecule has 0 aromatic heterocycles. The summed E-state index contributed by atoms with van der Waals surface area (Å²) in [7, 11) is 0. The average Bonchev–Trinajstić information content (AvgIpc) is 2.43. The molecule has 0 aromatic carbocycles. The summed E-state index contributed by atoms with van der Waals surface area (Å²) in [6.07, 6.45) is 5.22. The van der Waals surface area contributed by atoms with Gasteiger partial charge in [0.15, 0.2) is 0 Å². The van der Waals surface area contributed by atoms with Crippen LogP contribution in [0, 0.1) is 17.8 Å². The Morgan fingerprint density at radius 1 is 1.05 bits per heavy atom. The molecule has 0 amide bonds. The van der Waals surface area contributed by atoms with Crippen LogP contribution in [0.15, 0.2) is 0 Å². The van der Waals surface area contributed by atoms with Gasteiger partial charge >= 0.3 is 0 Å². The lowest BCUT2D eigenvalue weighted by Gasteiger charge is -2.41. The highest BCUT2D eigenvalue weighted by atomic mass is 15.3. The van der Waals surface area contributed by atoms with E-state index in [9.17, 15) is 0 Å². The summed E-state index contributed by atoms with van der Waals surface area (Å²) in [5.41, 5.74) is 6.40.